The zero-order valence-corrected chi connectivity index (χ0v) is 12.3. The van der Waals surface area contributed by atoms with E-state index in [4.69, 9.17) is 9.15 Å². The number of carbonyl (C=O) groups excluding carboxylic acids is 2. The van der Waals surface area contributed by atoms with Crippen LogP contribution in [0.4, 0.5) is 0 Å². The molecule has 2 aromatic rings. The number of amides is 2. The summed E-state index contributed by atoms with van der Waals surface area (Å²) in [5.74, 6) is -0.00999. The van der Waals surface area contributed by atoms with Crippen LogP contribution in [-0.4, -0.2) is 18.4 Å². The van der Waals surface area contributed by atoms with Gasteiger partial charge in [0.25, 0.3) is 0 Å². The highest BCUT2D eigenvalue weighted by molar-refractivity contribution is 6.35. The molecule has 0 radical (unpaired) electrons. The first-order valence-electron chi connectivity index (χ1n) is 6.99. The summed E-state index contributed by atoms with van der Waals surface area (Å²) in [6.07, 6.45) is 1.51. The lowest BCUT2D eigenvalue weighted by Crippen LogP contribution is -2.39. The third-order valence-corrected chi connectivity index (χ3v) is 2.90. The standard InChI is InChI=1S/C16H18N2O4/c1-2-21-13-7-5-12(6-8-13)10-17-15(19)16(20)18-11-14-4-3-9-22-14/h3-9H,2,10-11H2,1H3,(H,17,19)(H,18,20). The molecule has 0 spiro atoms. The second kappa shape index (κ2) is 7.87. The molecule has 0 aliphatic rings. The first kappa shape index (κ1) is 15.6. The minimum absolute atomic E-state index is 0.183. The van der Waals surface area contributed by atoms with Gasteiger partial charge in [0.1, 0.15) is 11.5 Å². The van der Waals surface area contributed by atoms with Crippen molar-refractivity contribution in [2.24, 2.45) is 0 Å². The van der Waals surface area contributed by atoms with E-state index in [1.807, 2.05) is 31.2 Å². The number of benzene rings is 1. The zero-order chi connectivity index (χ0) is 15.8. The maximum atomic E-state index is 11.7. The Hall–Kier alpha value is -2.76. The Balaban J connectivity index is 1.75. The average molecular weight is 302 g/mol. The third-order valence-electron chi connectivity index (χ3n) is 2.90. The molecule has 2 rings (SSSR count). The van der Waals surface area contributed by atoms with E-state index in [1.54, 1.807) is 12.1 Å². The first-order chi connectivity index (χ1) is 10.7. The summed E-state index contributed by atoms with van der Waals surface area (Å²) in [5.41, 5.74) is 0.885. The summed E-state index contributed by atoms with van der Waals surface area (Å²) in [7, 11) is 0. The maximum absolute atomic E-state index is 11.7. The normalized spacial score (nSPS) is 10.0. The highest BCUT2D eigenvalue weighted by Crippen LogP contribution is 2.11. The Bertz CT molecular complexity index is 606. The van der Waals surface area contributed by atoms with Crippen LogP contribution >= 0.6 is 0 Å². The van der Waals surface area contributed by atoms with E-state index in [0.717, 1.165) is 11.3 Å². The van der Waals surface area contributed by atoms with Crippen molar-refractivity contribution in [2.45, 2.75) is 20.0 Å². The molecule has 0 fully saturated rings. The van der Waals surface area contributed by atoms with Crippen LogP contribution < -0.4 is 15.4 Å². The third kappa shape index (κ3) is 4.66. The highest BCUT2D eigenvalue weighted by Gasteiger charge is 2.13. The van der Waals surface area contributed by atoms with Gasteiger partial charge in [-0.05, 0) is 36.8 Å². The first-order valence-corrected chi connectivity index (χ1v) is 6.99. The van der Waals surface area contributed by atoms with E-state index in [1.165, 1.54) is 6.26 Å². The SMILES string of the molecule is CCOc1ccc(CNC(=O)C(=O)NCc2ccco2)cc1. The minimum Gasteiger partial charge on any atom is -0.494 e. The fourth-order valence-corrected chi connectivity index (χ4v) is 1.79. The van der Waals surface area contributed by atoms with Crippen molar-refractivity contribution >= 4 is 11.8 Å². The molecule has 0 atom stereocenters. The van der Waals surface area contributed by atoms with Crippen molar-refractivity contribution in [2.75, 3.05) is 6.61 Å². The number of nitrogens with one attached hydrogen (secondary N) is 2. The van der Waals surface area contributed by atoms with Gasteiger partial charge in [-0.2, -0.15) is 0 Å². The van der Waals surface area contributed by atoms with Crippen molar-refractivity contribution in [3.63, 3.8) is 0 Å². The second-order valence-corrected chi connectivity index (χ2v) is 4.52. The molecule has 0 saturated heterocycles. The second-order valence-electron chi connectivity index (χ2n) is 4.52. The molecule has 116 valence electrons. The van der Waals surface area contributed by atoms with Gasteiger partial charge in [0.2, 0.25) is 0 Å². The van der Waals surface area contributed by atoms with Crippen molar-refractivity contribution in [3.05, 3.63) is 54.0 Å². The summed E-state index contributed by atoms with van der Waals surface area (Å²) in [5, 5.41) is 5.04. The molecule has 0 aliphatic heterocycles. The quantitative estimate of drug-likeness (QED) is 0.794. The molecular formula is C16H18N2O4. The van der Waals surface area contributed by atoms with E-state index in [0.29, 0.717) is 12.4 Å². The summed E-state index contributed by atoms with van der Waals surface area (Å²) >= 11 is 0. The van der Waals surface area contributed by atoms with Crippen LogP contribution in [0.1, 0.15) is 18.2 Å². The molecule has 0 saturated carbocycles. The van der Waals surface area contributed by atoms with Crippen LogP contribution in [0.15, 0.2) is 47.1 Å². The number of hydrogen-bond acceptors (Lipinski definition) is 4. The van der Waals surface area contributed by atoms with Crippen molar-refractivity contribution < 1.29 is 18.7 Å². The molecule has 22 heavy (non-hydrogen) atoms. The van der Waals surface area contributed by atoms with Crippen molar-refractivity contribution in [1.29, 1.82) is 0 Å². The van der Waals surface area contributed by atoms with Crippen LogP contribution in [0, 0.1) is 0 Å². The predicted octanol–water partition coefficient (Wildman–Crippen LogP) is 1.61. The topological polar surface area (TPSA) is 80.6 Å². The summed E-state index contributed by atoms with van der Waals surface area (Å²) in [6, 6.07) is 10.8. The van der Waals surface area contributed by atoms with E-state index in [2.05, 4.69) is 10.6 Å². The fourth-order valence-electron chi connectivity index (χ4n) is 1.79. The fraction of sp³-hybridized carbons (Fsp3) is 0.250. The zero-order valence-electron chi connectivity index (χ0n) is 12.3. The monoisotopic (exact) mass is 302 g/mol. The number of hydrogen-bond donors (Lipinski definition) is 2. The largest absolute Gasteiger partial charge is 0.494 e. The summed E-state index contributed by atoms with van der Waals surface area (Å²) in [6.45, 7) is 2.98. The van der Waals surface area contributed by atoms with Gasteiger partial charge in [0, 0.05) is 6.54 Å². The van der Waals surface area contributed by atoms with E-state index in [9.17, 15) is 9.59 Å². The van der Waals surface area contributed by atoms with Gasteiger partial charge in [-0.15, -0.1) is 0 Å². The van der Waals surface area contributed by atoms with Gasteiger partial charge >= 0.3 is 11.8 Å². The number of carbonyl (C=O) groups is 2. The van der Waals surface area contributed by atoms with Gasteiger partial charge in [-0.25, -0.2) is 0 Å². The average Bonchev–Trinajstić information content (AvgIpc) is 3.05. The molecule has 1 aromatic heterocycles. The Morgan fingerprint density at radius 3 is 2.32 bits per heavy atom. The molecule has 2 amide bonds. The Labute approximate surface area is 128 Å². The highest BCUT2D eigenvalue weighted by atomic mass is 16.5. The lowest BCUT2D eigenvalue weighted by Gasteiger charge is -2.07. The Morgan fingerprint density at radius 2 is 1.73 bits per heavy atom. The Morgan fingerprint density at radius 1 is 1.05 bits per heavy atom. The minimum atomic E-state index is -0.692. The van der Waals surface area contributed by atoms with Crippen molar-refractivity contribution in [1.82, 2.24) is 10.6 Å². The molecule has 1 heterocycles. The lowest BCUT2D eigenvalue weighted by molar-refractivity contribution is -0.139. The molecule has 0 aliphatic carbocycles. The molecule has 2 N–H and O–H groups in total. The van der Waals surface area contributed by atoms with Crippen LogP contribution in [0.25, 0.3) is 0 Å². The number of rotatable bonds is 6. The molecule has 6 nitrogen and oxygen atoms in total. The smallest absolute Gasteiger partial charge is 0.309 e. The Kier molecular flexibility index (Phi) is 5.59. The van der Waals surface area contributed by atoms with Gasteiger partial charge in [-0.1, -0.05) is 12.1 Å². The molecule has 1 aromatic carbocycles. The molecule has 0 bridgehead atoms. The van der Waals surface area contributed by atoms with E-state index >= 15 is 0 Å². The van der Waals surface area contributed by atoms with Crippen LogP contribution in [0.5, 0.6) is 5.75 Å². The van der Waals surface area contributed by atoms with E-state index < -0.39 is 11.8 Å². The predicted molar refractivity (Wildman–Crippen MR) is 80.0 cm³/mol. The van der Waals surface area contributed by atoms with Gasteiger partial charge in [0.15, 0.2) is 0 Å². The van der Waals surface area contributed by atoms with Gasteiger partial charge in [-0.3, -0.25) is 9.59 Å². The van der Waals surface area contributed by atoms with Gasteiger partial charge < -0.3 is 19.8 Å². The van der Waals surface area contributed by atoms with Gasteiger partial charge in [0.05, 0.1) is 19.4 Å². The van der Waals surface area contributed by atoms with Crippen molar-refractivity contribution in [3.8, 4) is 5.75 Å². The lowest BCUT2D eigenvalue weighted by atomic mass is 10.2. The molecule has 0 unspecified atom stereocenters. The maximum Gasteiger partial charge on any atom is 0.309 e. The summed E-state index contributed by atoms with van der Waals surface area (Å²) < 4.78 is 10.4. The molecule has 6 heteroatoms. The van der Waals surface area contributed by atoms with E-state index in [-0.39, 0.29) is 13.1 Å². The van der Waals surface area contributed by atoms with Crippen LogP contribution in [-0.2, 0) is 22.7 Å². The van der Waals surface area contributed by atoms with Crippen LogP contribution in [0.3, 0.4) is 0 Å². The number of furan rings is 1. The summed E-state index contributed by atoms with van der Waals surface area (Å²) in [4.78, 5) is 23.3. The number of ether oxygens (including phenoxy) is 1. The molecular weight excluding hydrogens is 284 g/mol. The van der Waals surface area contributed by atoms with Crippen LogP contribution in [0.2, 0.25) is 0 Å².